The molecule has 0 spiro atoms. The summed E-state index contributed by atoms with van der Waals surface area (Å²) in [6.07, 6.45) is 3.64. The molecule has 1 aromatic carbocycles. The SMILES string of the molecule is O=C(Cc1cccnc1)Nc1nc2ccc(Cl)cc2s1. The standard InChI is InChI=1S/C14H10ClN3OS/c15-10-3-4-11-12(7-10)20-14(17-11)18-13(19)6-9-2-1-5-16-8-9/h1-5,7-8H,6H2,(H,17,18,19). The van der Waals surface area contributed by atoms with Crippen LogP contribution in [0.25, 0.3) is 10.2 Å². The van der Waals surface area contributed by atoms with Crippen LogP contribution in [-0.4, -0.2) is 15.9 Å². The maximum Gasteiger partial charge on any atom is 0.230 e. The number of thiazole rings is 1. The molecule has 20 heavy (non-hydrogen) atoms. The Hall–Kier alpha value is -1.98. The number of rotatable bonds is 3. The van der Waals surface area contributed by atoms with Gasteiger partial charge in [-0.25, -0.2) is 4.98 Å². The number of pyridine rings is 1. The number of carbonyl (C=O) groups excluding carboxylic acids is 1. The number of anilines is 1. The van der Waals surface area contributed by atoms with Gasteiger partial charge in [-0.15, -0.1) is 0 Å². The fourth-order valence-corrected chi connectivity index (χ4v) is 2.96. The number of hydrogen-bond acceptors (Lipinski definition) is 4. The zero-order valence-corrected chi connectivity index (χ0v) is 11.9. The first-order valence-electron chi connectivity index (χ1n) is 5.95. The predicted molar refractivity (Wildman–Crippen MR) is 81.2 cm³/mol. The van der Waals surface area contributed by atoms with Crippen LogP contribution in [-0.2, 0) is 11.2 Å². The summed E-state index contributed by atoms with van der Waals surface area (Å²) in [6.45, 7) is 0. The van der Waals surface area contributed by atoms with Crippen LogP contribution in [0.4, 0.5) is 5.13 Å². The van der Waals surface area contributed by atoms with Crippen molar-refractivity contribution in [3.8, 4) is 0 Å². The number of hydrogen-bond donors (Lipinski definition) is 1. The zero-order valence-electron chi connectivity index (χ0n) is 10.3. The number of halogens is 1. The lowest BCUT2D eigenvalue weighted by Crippen LogP contribution is -2.14. The molecule has 0 saturated carbocycles. The number of benzene rings is 1. The van der Waals surface area contributed by atoms with E-state index in [4.69, 9.17) is 11.6 Å². The van der Waals surface area contributed by atoms with Gasteiger partial charge in [0.05, 0.1) is 16.6 Å². The number of aromatic nitrogens is 2. The summed E-state index contributed by atoms with van der Waals surface area (Å²) in [5.41, 5.74) is 1.70. The molecule has 0 radical (unpaired) electrons. The number of nitrogens with one attached hydrogen (secondary N) is 1. The average Bonchev–Trinajstić information content (AvgIpc) is 2.80. The van der Waals surface area contributed by atoms with Crippen molar-refractivity contribution < 1.29 is 4.79 Å². The maximum atomic E-state index is 11.9. The van der Waals surface area contributed by atoms with E-state index in [1.165, 1.54) is 11.3 Å². The van der Waals surface area contributed by atoms with Gasteiger partial charge in [-0.2, -0.15) is 0 Å². The molecular formula is C14H10ClN3OS. The fourth-order valence-electron chi connectivity index (χ4n) is 1.80. The van der Waals surface area contributed by atoms with Crippen LogP contribution >= 0.6 is 22.9 Å². The summed E-state index contributed by atoms with van der Waals surface area (Å²) in [7, 11) is 0. The summed E-state index contributed by atoms with van der Waals surface area (Å²) in [5, 5.41) is 4.04. The molecule has 4 nitrogen and oxygen atoms in total. The first-order valence-corrected chi connectivity index (χ1v) is 7.15. The van der Waals surface area contributed by atoms with Crippen LogP contribution in [0.1, 0.15) is 5.56 Å². The lowest BCUT2D eigenvalue weighted by atomic mass is 10.2. The molecule has 100 valence electrons. The lowest BCUT2D eigenvalue weighted by molar-refractivity contribution is -0.115. The first-order chi connectivity index (χ1) is 9.70. The lowest BCUT2D eigenvalue weighted by Gasteiger charge is -2.00. The molecule has 6 heteroatoms. The van der Waals surface area contributed by atoms with E-state index in [0.717, 1.165) is 15.8 Å². The van der Waals surface area contributed by atoms with E-state index >= 15 is 0 Å². The van der Waals surface area contributed by atoms with Gasteiger partial charge in [-0.05, 0) is 29.8 Å². The molecule has 0 fully saturated rings. The van der Waals surface area contributed by atoms with Gasteiger partial charge >= 0.3 is 0 Å². The Labute approximate surface area is 124 Å². The highest BCUT2D eigenvalue weighted by molar-refractivity contribution is 7.22. The Kier molecular flexibility index (Phi) is 3.62. The minimum Gasteiger partial charge on any atom is -0.302 e. The highest BCUT2D eigenvalue weighted by atomic mass is 35.5. The van der Waals surface area contributed by atoms with Gasteiger partial charge in [0.15, 0.2) is 5.13 Å². The van der Waals surface area contributed by atoms with Gasteiger partial charge in [0.2, 0.25) is 5.91 Å². The monoisotopic (exact) mass is 303 g/mol. The van der Waals surface area contributed by atoms with Crippen molar-refractivity contribution in [2.45, 2.75) is 6.42 Å². The molecule has 3 rings (SSSR count). The molecule has 0 unspecified atom stereocenters. The van der Waals surface area contributed by atoms with Gasteiger partial charge in [-0.3, -0.25) is 9.78 Å². The normalized spacial score (nSPS) is 10.7. The van der Waals surface area contributed by atoms with Crippen LogP contribution < -0.4 is 5.32 Å². The van der Waals surface area contributed by atoms with Gasteiger partial charge in [-0.1, -0.05) is 29.0 Å². The molecular weight excluding hydrogens is 294 g/mol. The highest BCUT2D eigenvalue weighted by Gasteiger charge is 2.09. The molecule has 3 aromatic rings. The van der Waals surface area contributed by atoms with Gasteiger partial charge < -0.3 is 5.32 Å². The van der Waals surface area contributed by atoms with Crippen molar-refractivity contribution >= 4 is 44.2 Å². The Balaban J connectivity index is 1.74. The third-order valence-electron chi connectivity index (χ3n) is 2.68. The van der Waals surface area contributed by atoms with Crippen molar-refractivity contribution in [2.24, 2.45) is 0 Å². The van der Waals surface area contributed by atoms with E-state index in [1.54, 1.807) is 18.5 Å². The second kappa shape index (κ2) is 5.56. The molecule has 2 heterocycles. The Bertz CT molecular complexity index is 757. The van der Waals surface area contributed by atoms with Gasteiger partial charge in [0, 0.05) is 17.4 Å². The van der Waals surface area contributed by atoms with E-state index in [2.05, 4.69) is 15.3 Å². The molecule has 1 amide bonds. The number of amides is 1. The van der Waals surface area contributed by atoms with Crippen molar-refractivity contribution in [1.29, 1.82) is 0 Å². The van der Waals surface area contributed by atoms with Crippen LogP contribution in [0.15, 0.2) is 42.7 Å². The summed E-state index contributed by atoms with van der Waals surface area (Å²) in [4.78, 5) is 20.3. The molecule has 0 bridgehead atoms. The quantitative estimate of drug-likeness (QED) is 0.805. The molecule has 1 N–H and O–H groups in total. The number of nitrogens with zero attached hydrogens (tertiary/aromatic N) is 2. The third-order valence-corrected chi connectivity index (χ3v) is 3.85. The van der Waals surface area contributed by atoms with Crippen LogP contribution in [0.3, 0.4) is 0 Å². The summed E-state index contributed by atoms with van der Waals surface area (Å²) in [5.74, 6) is -0.108. The van der Waals surface area contributed by atoms with Crippen molar-refractivity contribution in [3.05, 3.63) is 53.3 Å². The highest BCUT2D eigenvalue weighted by Crippen LogP contribution is 2.28. The van der Waals surface area contributed by atoms with E-state index in [1.807, 2.05) is 24.3 Å². The average molecular weight is 304 g/mol. The van der Waals surface area contributed by atoms with E-state index in [-0.39, 0.29) is 12.3 Å². The topological polar surface area (TPSA) is 54.9 Å². The second-order valence-corrected chi connectivity index (χ2v) is 5.68. The Morgan fingerprint density at radius 3 is 3.05 bits per heavy atom. The maximum absolute atomic E-state index is 11.9. The second-order valence-electron chi connectivity index (χ2n) is 4.22. The van der Waals surface area contributed by atoms with E-state index in [0.29, 0.717) is 10.2 Å². The van der Waals surface area contributed by atoms with E-state index < -0.39 is 0 Å². The first kappa shape index (κ1) is 13.0. The largest absolute Gasteiger partial charge is 0.302 e. The Morgan fingerprint density at radius 1 is 1.35 bits per heavy atom. The molecule has 0 saturated heterocycles. The van der Waals surface area contributed by atoms with Gasteiger partial charge in [0.25, 0.3) is 0 Å². The van der Waals surface area contributed by atoms with Crippen molar-refractivity contribution in [2.75, 3.05) is 5.32 Å². The number of fused-ring (bicyclic) bond motifs is 1. The fraction of sp³-hybridized carbons (Fsp3) is 0.0714. The molecule has 2 aromatic heterocycles. The minimum atomic E-state index is -0.108. The summed E-state index contributed by atoms with van der Waals surface area (Å²) >= 11 is 7.33. The van der Waals surface area contributed by atoms with Crippen LogP contribution in [0.2, 0.25) is 5.02 Å². The summed E-state index contributed by atoms with van der Waals surface area (Å²) < 4.78 is 0.953. The van der Waals surface area contributed by atoms with Crippen LogP contribution in [0.5, 0.6) is 0 Å². The molecule has 0 aliphatic carbocycles. The van der Waals surface area contributed by atoms with Crippen LogP contribution in [0, 0.1) is 0 Å². The Morgan fingerprint density at radius 2 is 2.25 bits per heavy atom. The summed E-state index contributed by atoms with van der Waals surface area (Å²) in [6, 6.07) is 9.13. The predicted octanol–water partition coefficient (Wildman–Crippen LogP) is 3.53. The minimum absolute atomic E-state index is 0.108. The molecule has 0 atom stereocenters. The molecule has 0 aliphatic heterocycles. The van der Waals surface area contributed by atoms with Gasteiger partial charge in [0.1, 0.15) is 0 Å². The van der Waals surface area contributed by atoms with E-state index in [9.17, 15) is 4.79 Å². The molecule has 0 aliphatic rings. The van der Waals surface area contributed by atoms with Crippen molar-refractivity contribution in [1.82, 2.24) is 9.97 Å². The van der Waals surface area contributed by atoms with Crippen molar-refractivity contribution in [3.63, 3.8) is 0 Å². The number of carbonyl (C=O) groups is 1. The smallest absolute Gasteiger partial charge is 0.230 e. The zero-order chi connectivity index (χ0) is 13.9. The third kappa shape index (κ3) is 2.95.